The van der Waals surface area contributed by atoms with Gasteiger partial charge in [0.25, 0.3) is 0 Å². The first-order valence-electron chi connectivity index (χ1n) is 7.15. The van der Waals surface area contributed by atoms with Gasteiger partial charge in [-0.1, -0.05) is 22.0 Å². The van der Waals surface area contributed by atoms with Gasteiger partial charge in [-0.15, -0.1) is 0 Å². The summed E-state index contributed by atoms with van der Waals surface area (Å²) in [5.74, 6) is -0.678. The summed E-state index contributed by atoms with van der Waals surface area (Å²) < 4.78 is 27.4. The van der Waals surface area contributed by atoms with Crippen LogP contribution in [0.5, 0.6) is 0 Å². The predicted molar refractivity (Wildman–Crippen MR) is 85.8 cm³/mol. The number of halogens is 3. The van der Waals surface area contributed by atoms with Gasteiger partial charge in [0.1, 0.15) is 5.82 Å². The number of anilines is 1. The van der Waals surface area contributed by atoms with E-state index in [9.17, 15) is 8.78 Å². The number of benzene rings is 1. The molecule has 1 aromatic heterocycles. The standard InChI is InChI=1S/C16H16BrF2N3/c17-12-2-1-11(15(18)7-12)8-20-13-5-6-22(10-13)14-3-4-16(19)21-9-14/h1-4,7,9,13,20H,5-6,8,10H2/t13-/m0/s1. The van der Waals surface area contributed by atoms with E-state index in [0.29, 0.717) is 12.1 Å². The minimum atomic E-state index is -0.469. The quantitative estimate of drug-likeness (QED) is 0.838. The SMILES string of the molecule is Fc1ccc(N2CC[C@H](NCc3ccc(Br)cc3F)C2)cn1. The number of pyridine rings is 1. The Labute approximate surface area is 136 Å². The molecule has 0 spiro atoms. The molecular weight excluding hydrogens is 352 g/mol. The summed E-state index contributed by atoms with van der Waals surface area (Å²) in [6, 6.07) is 8.48. The third-order valence-corrected chi connectivity index (χ3v) is 4.35. The third-order valence-electron chi connectivity index (χ3n) is 3.86. The summed E-state index contributed by atoms with van der Waals surface area (Å²) in [5.41, 5.74) is 1.57. The smallest absolute Gasteiger partial charge is 0.212 e. The maximum absolute atomic E-state index is 13.8. The van der Waals surface area contributed by atoms with Crippen LogP contribution in [0.25, 0.3) is 0 Å². The summed E-state index contributed by atoms with van der Waals surface area (Å²) in [7, 11) is 0. The Bertz CT molecular complexity index is 648. The molecule has 1 atom stereocenters. The Morgan fingerprint density at radius 1 is 1.27 bits per heavy atom. The van der Waals surface area contributed by atoms with E-state index in [1.807, 2.05) is 6.07 Å². The summed E-state index contributed by atoms with van der Waals surface area (Å²) >= 11 is 3.25. The van der Waals surface area contributed by atoms with Crippen molar-refractivity contribution in [3.05, 3.63) is 58.3 Å². The van der Waals surface area contributed by atoms with Crippen molar-refractivity contribution in [1.82, 2.24) is 10.3 Å². The summed E-state index contributed by atoms with van der Waals surface area (Å²) in [6.45, 7) is 2.19. The van der Waals surface area contributed by atoms with Crippen molar-refractivity contribution in [2.75, 3.05) is 18.0 Å². The van der Waals surface area contributed by atoms with E-state index in [4.69, 9.17) is 0 Å². The van der Waals surface area contributed by atoms with Gasteiger partial charge >= 0.3 is 0 Å². The normalized spacial score (nSPS) is 18.0. The lowest BCUT2D eigenvalue weighted by atomic mass is 10.2. The van der Waals surface area contributed by atoms with Gasteiger partial charge in [-0.2, -0.15) is 4.39 Å². The number of aromatic nitrogens is 1. The van der Waals surface area contributed by atoms with E-state index in [1.54, 1.807) is 18.3 Å². The van der Waals surface area contributed by atoms with E-state index in [2.05, 4.69) is 31.1 Å². The lowest BCUT2D eigenvalue weighted by Gasteiger charge is -2.18. The van der Waals surface area contributed by atoms with Gasteiger partial charge in [0.2, 0.25) is 5.95 Å². The maximum Gasteiger partial charge on any atom is 0.212 e. The Kier molecular flexibility index (Phi) is 4.69. The number of nitrogens with one attached hydrogen (secondary N) is 1. The van der Waals surface area contributed by atoms with E-state index >= 15 is 0 Å². The van der Waals surface area contributed by atoms with Crippen molar-refractivity contribution in [2.24, 2.45) is 0 Å². The molecule has 1 fully saturated rings. The number of hydrogen-bond donors (Lipinski definition) is 1. The molecule has 3 rings (SSSR count). The van der Waals surface area contributed by atoms with Gasteiger partial charge in [0.15, 0.2) is 0 Å². The van der Waals surface area contributed by atoms with Crippen molar-refractivity contribution < 1.29 is 8.78 Å². The summed E-state index contributed by atoms with van der Waals surface area (Å²) in [5, 5.41) is 3.38. The summed E-state index contributed by atoms with van der Waals surface area (Å²) in [4.78, 5) is 5.83. The largest absolute Gasteiger partial charge is 0.369 e. The second-order valence-electron chi connectivity index (χ2n) is 5.39. The first-order chi connectivity index (χ1) is 10.6. The molecule has 1 aliphatic rings. The highest BCUT2D eigenvalue weighted by Crippen LogP contribution is 2.20. The zero-order valence-electron chi connectivity index (χ0n) is 11.9. The molecule has 116 valence electrons. The van der Waals surface area contributed by atoms with Crippen LogP contribution in [0.4, 0.5) is 14.5 Å². The van der Waals surface area contributed by atoms with Gasteiger partial charge in [-0.25, -0.2) is 9.37 Å². The van der Waals surface area contributed by atoms with Crippen molar-refractivity contribution >= 4 is 21.6 Å². The molecule has 22 heavy (non-hydrogen) atoms. The zero-order chi connectivity index (χ0) is 15.5. The van der Waals surface area contributed by atoms with Crippen LogP contribution < -0.4 is 10.2 Å². The second kappa shape index (κ2) is 6.71. The lowest BCUT2D eigenvalue weighted by Crippen LogP contribution is -2.32. The Morgan fingerprint density at radius 2 is 2.14 bits per heavy atom. The molecule has 1 N–H and O–H groups in total. The van der Waals surface area contributed by atoms with E-state index < -0.39 is 5.95 Å². The van der Waals surface area contributed by atoms with Crippen molar-refractivity contribution in [3.63, 3.8) is 0 Å². The minimum absolute atomic E-state index is 0.209. The molecule has 0 bridgehead atoms. The molecule has 1 aliphatic heterocycles. The molecule has 2 heterocycles. The van der Waals surface area contributed by atoms with Gasteiger partial charge in [0, 0.05) is 35.7 Å². The Morgan fingerprint density at radius 3 is 2.86 bits per heavy atom. The second-order valence-corrected chi connectivity index (χ2v) is 6.30. The Hall–Kier alpha value is -1.53. The molecule has 1 saturated heterocycles. The highest BCUT2D eigenvalue weighted by molar-refractivity contribution is 9.10. The number of hydrogen-bond acceptors (Lipinski definition) is 3. The fourth-order valence-corrected chi connectivity index (χ4v) is 2.97. The topological polar surface area (TPSA) is 28.2 Å². The molecule has 3 nitrogen and oxygen atoms in total. The van der Waals surface area contributed by atoms with E-state index in [0.717, 1.165) is 29.7 Å². The van der Waals surface area contributed by atoms with Crippen LogP contribution in [0, 0.1) is 11.8 Å². The van der Waals surface area contributed by atoms with Gasteiger partial charge in [-0.05, 0) is 30.7 Å². The van der Waals surface area contributed by atoms with Crippen LogP contribution in [0.3, 0.4) is 0 Å². The molecule has 0 amide bonds. The van der Waals surface area contributed by atoms with Gasteiger partial charge in [-0.3, -0.25) is 0 Å². The average Bonchev–Trinajstić information content (AvgIpc) is 2.96. The fraction of sp³-hybridized carbons (Fsp3) is 0.312. The van der Waals surface area contributed by atoms with Crippen molar-refractivity contribution in [2.45, 2.75) is 19.0 Å². The molecule has 0 saturated carbocycles. The summed E-state index contributed by atoms with van der Waals surface area (Å²) in [6.07, 6.45) is 2.52. The molecule has 6 heteroatoms. The van der Waals surface area contributed by atoms with Gasteiger partial charge < -0.3 is 10.2 Å². The maximum atomic E-state index is 13.8. The molecule has 0 radical (unpaired) electrons. The highest BCUT2D eigenvalue weighted by Gasteiger charge is 2.22. The third kappa shape index (κ3) is 3.62. The highest BCUT2D eigenvalue weighted by atomic mass is 79.9. The lowest BCUT2D eigenvalue weighted by molar-refractivity contribution is 0.529. The van der Waals surface area contributed by atoms with Crippen LogP contribution in [0.15, 0.2) is 41.0 Å². The van der Waals surface area contributed by atoms with E-state index in [-0.39, 0.29) is 11.9 Å². The Balaban J connectivity index is 1.56. The predicted octanol–water partition coefficient (Wildman–Crippen LogP) is 3.49. The first kappa shape index (κ1) is 15.4. The molecule has 0 aliphatic carbocycles. The average molecular weight is 368 g/mol. The zero-order valence-corrected chi connectivity index (χ0v) is 13.5. The van der Waals surface area contributed by atoms with Crippen LogP contribution >= 0.6 is 15.9 Å². The molecular formula is C16H16BrF2N3. The van der Waals surface area contributed by atoms with Crippen LogP contribution in [-0.2, 0) is 6.54 Å². The van der Waals surface area contributed by atoms with Gasteiger partial charge in [0.05, 0.1) is 11.9 Å². The van der Waals surface area contributed by atoms with Crippen LogP contribution in [-0.4, -0.2) is 24.1 Å². The monoisotopic (exact) mass is 367 g/mol. The molecule has 2 aromatic rings. The van der Waals surface area contributed by atoms with E-state index in [1.165, 1.54) is 12.1 Å². The van der Waals surface area contributed by atoms with Crippen molar-refractivity contribution in [1.29, 1.82) is 0 Å². The minimum Gasteiger partial charge on any atom is -0.369 e. The number of rotatable bonds is 4. The van der Waals surface area contributed by atoms with Crippen LogP contribution in [0.1, 0.15) is 12.0 Å². The van der Waals surface area contributed by atoms with Crippen LogP contribution in [0.2, 0.25) is 0 Å². The number of nitrogens with zero attached hydrogens (tertiary/aromatic N) is 2. The van der Waals surface area contributed by atoms with Crippen molar-refractivity contribution in [3.8, 4) is 0 Å². The fourth-order valence-electron chi connectivity index (χ4n) is 2.64. The molecule has 0 unspecified atom stereocenters. The molecule has 1 aromatic carbocycles. The first-order valence-corrected chi connectivity index (χ1v) is 7.95.